The standard InChI is InChI=1S/C17H27NOS/c1-13(2)18-17(3,12-19)9-10-20-16-8-7-14-5-4-6-15(14)11-16/h7-8,11,13,18-19H,4-6,9-10,12H2,1-3H3. The maximum absolute atomic E-state index is 9.59. The van der Waals surface area contributed by atoms with Crippen LogP contribution in [0.4, 0.5) is 0 Å². The molecule has 0 bridgehead atoms. The molecule has 2 N–H and O–H groups in total. The van der Waals surface area contributed by atoms with E-state index >= 15 is 0 Å². The zero-order valence-corrected chi connectivity index (χ0v) is 13.7. The summed E-state index contributed by atoms with van der Waals surface area (Å²) in [5.41, 5.74) is 2.91. The summed E-state index contributed by atoms with van der Waals surface area (Å²) in [4.78, 5) is 1.37. The van der Waals surface area contributed by atoms with Crippen molar-refractivity contribution in [3.63, 3.8) is 0 Å². The van der Waals surface area contributed by atoms with Crippen LogP contribution >= 0.6 is 11.8 Å². The number of benzene rings is 1. The minimum atomic E-state index is -0.169. The number of aryl methyl sites for hydroxylation is 2. The van der Waals surface area contributed by atoms with Gasteiger partial charge in [-0.05, 0) is 61.6 Å². The summed E-state index contributed by atoms with van der Waals surface area (Å²) in [6.45, 7) is 6.55. The first kappa shape index (κ1) is 15.9. The Kier molecular flexibility index (Phi) is 5.53. The first-order chi connectivity index (χ1) is 9.52. The van der Waals surface area contributed by atoms with Gasteiger partial charge in [0, 0.05) is 16.5 Å². The van der Waals surface area contributed by atoms with E-state index in [2.05, 4.69) is 44.3 Å². The molecule has 1 aliphatic carbocycles. The van der Waals surface area contributed by atoms with Crippen LogP contribution in [0.5, 0.6) is 0 Å². The van der Waals surface area contributed by atoms with E-state index < -0.39 is 0 Å². The molecular formula is C17H27NOS. The van der Waals surface area contributed by atoms with Crippen LogP contribution in [-0.2, 0) is 12.8 Å². The summed E-state index contributed by atoms with van der Waals surface area (Å²) in [6, 6.07) is 7.31. The Labute approximate surface area is 127 Å². The second-order valence-electron chi connectivity index (χ2n) is 6.40. The fourth-order valence-corrected chi connectivity index (χ4v) is 4.10. The van der Waals surface area contributed by atoms with Gasteiger partial charge >= 0.3 is 0 Å². The highest BCUT2D eigenvalue weighted by Crippen LogP contribution is 2.28. The fraction of sp³-hybridized carbons (Fsp3) is 0.647. The van der Waals surface area contributed by atoms with Crippen molar-refractivity contribution >= 4 is 11.8 Å². The normalized spacial score (nSPS) is 17.2. The molecule has 112 valence electrons. The lowest BCUT2D eigenvalue weighted by atomic mass is 9.99. The van der Waals surface area contributed by atoms with Crippen molar-refractivity contribution in [3.05, 3.63) is 29.3 Å². The topological polar surface area (TPSA) is 32.3 Å². The Hall–Kier alpha value is -0.510. The van der Waals surface area contributed by atoms with Gasteiger partial charge < -0.3 is 10.4 Å². The van der Waals surface area contributed by atoms with E-state index in [0.717, 1.165) is 12.2 Å². The van der Waals surface area contributed by atoms with Crippen molar-refractivity contribution in [2.45, 2.75) is 62.9 Å². The van der Waals surface area contributed by atoms with Gasteiger partial charge in [-0.1, -0.05) is 19.9 Å². The second-order valence-corrected chi connectivity index (χ2v) is 7.57. The first-order valence-electron chi connectivity index (χ1n) is 7.65. The Morgan fingerprint density at radius 2 is 2.05 bits per heavy atom. The van der Waals surface area contributed by atoms with Crippen molar-refractivity contribution in [2.75, 3.05) is 12.4 Å². The van der Waals surface area contributed by atoms with Crippen LogP contribution in [0.1, 0.15) is 44.7 Å². The number of aliphatic hydroxyl groups excluding tert-OH is 1. The number of thioether (sulfide) groups is 1. The van der Waals surface area contributed by atoms with E-state index in [0.29, 0.717) is 6.04 Å². The third-order valence-corrected chi connectivity index (χ3v) is 4.97. The van der Waals surface area contributed by atoms with Crippen LogP contribution in [0.2, 0.25) is 0 Å². The van der Waals surface area contributed by atoms with Crippen molar-refractivity contribution in [1.82, 2.24) is 5.32 Å². The van der Waals surface area contributed by atoms with Gasteiger partial charge in [0.1, 0.15) is 0 Å². The number of hydrogen-bond acceptors (Lipinski definition) is 3. The smallest absolute Gasteiger partial charge is 0.0610 e. The Morgan fingerprint density at radius 1 is 1.30 bits per heavy atom. The van der Waals surface area contributed by atoms with Crippen LogP contribution in [-0.4, -0.2) is 29.0 Å². The number of hydrogen-bond donors (Lipinski definition) is 2. The summed E-state index contributed by atoms with van der Waals surface area (Å²) in [5, 5.41) is 13.1. The lowest BCUT2D eigenvalue weighted by molar-refractivity contribution is 0.162. The molecule has 1 aromatic carbocycles. The lowest BCUT2D eigenvalue weighted by Gasteiger charge is -2.31. The Bertz CT molecular complexity index is 447. The maximum Gasteiger partial charge on any atom is 0.0610 e. The third-order valence-electron chi connectivity index (χ3n) is 3.98. The molecule has 1 aromatic rings. The summed E-state index contributed by atoms with van der Waals surface area (Å²) in [5.74, 6) is 1.04. The van der Waals surface area contributed by atoms with E-state index in [1.807, 2.05) is 11.8 Å². The molecule has 0 aromatic heterocycles. The molecule has 0 amide bonds. The first-order valence-corrected chi connectivity index (χ1v) is 8.64. The van der Waals surface area contributed by atoms with Gasteiger partial charge in [-0.3, -0.25) is 0 Å². The molecule has 20 heavy (non-hydrogen) atoms. The van der Waals surface area contributed by atoms with Gasteiger partial charge in [0.15, 0.2) is 0 Å². The molecule has 2 nitrogen and oxygen atoms in total. The zero-order valence-electron chi connectivity index (χ0n) is 12.9. The fourth-order valence-electron chi connectivity index (χ4n) is 2.93. The Morgan fingerprint density at radius 3 is 2.75 bits per heavy atom. The summed E-state index contributed by atoms with van der Waals surface area (Å²) in [7, 11) is 0. The van der Waals surface area contributed by atoms with Crippen molar-refractivity contribution in [2.24, 2.45) is 0 Å². The quantitative estimate of drug-likeness (QED) is 0.756. The van der Waals surface area contributed by atoms with Crippen LogP contribution in [0.15, 0.2) is 23.1 Å². The largest absolute Gasteiger partial charge is 0.394 e. The highest BCUT2D eigenvalue weighted by molar-refractivity contribution is 7.99. The van der Waals surface area contributed by atoms with E-state index in [-0.39, 0.29) is 12.1 Å². The monoisotopic (exact) mass is 293 g/mol. The highest BCUT2D eigenvalue weighted by Gasteiger charge is 2.23. The minimum Gasteiger partial charge on any atom is -0.394 e. The molecule has 0 heterocycles. The van der Waals surface area contributed by atoms with E-state index in [1.54, 1.807) is 5.56 Å². The van der Waals surface area contributed by atoms with Gasteiger partial charge in [0.2, 0.25) is 0 Å². The van der Waals surface area contributed by atoms with Crippen LogP contribution in [0.3, 0.4) is 0 Å². The molecule has 0 radical (unpaired) electrons. The second kappa shape index (κ2) is 6.97. The molecule has 3 heteroatoms. The average molecular weight is 293 g/mol. The summed E-state index contributed by atoms with van der Waals surface area (Å²) < 4.78 is 0. The average Bonchev–Trinajstić information content (AvgIpc) is 2.85. The zero-order chi connectivity index (χ0) is 14.6. The molecule has 1 atom stereocenters. The van der Waals surface area contributed by atoms with Gasteiger partial charge in [0.05, 0.1) is 6.61 Å². The molecule has 0 fully saturated rings. The number of aliphatic hydroxyl groups is 1. The Balaban J connectivity index is 1.86. The van der Waals surface area contributed by atoms with Crippen molar-refractivity contribution in [3.8, 4) is 0 Å². The number of fused-ring (bicyclic) bond motifs is 1. The maximum atomic E-state index is 9.59. The van der Waals surface area contributed by atoms with E-state index in [4.69, 9.17) is 0 Å². The molecule has 0 saturated heterocycles. The predicted molar refractivity (Wildman–Crippen MR) is 87.6 cm³/mol. The molecule has 0 aliphatic heterocycles. The van der Waals surface area contributed by atoms with Gasteiger partial charge in [-0.15, -0.1) is 11.8 Å². The van der Waals surface area contributed by atoms with Crippen molar-refractivity contribution < 1.29 is 5.11 Å². The molecule has 1 unspecified atom stereocenters. The highest BCUT2D eigenvalue weighted by atomic mass is 32.2. The van der Waals surface area contributed by atoms with Gasteiger partial charge in [-0.25, -0.2) is 0 Å². The molecule has 2 rings (SSSR count). The molecular weight excluding hydrogens is 266 g/mol. The lowest BCUT2D eigenvalue weighted by Crippen LogP contribution is -2.49. The van der Waals surface area contributed by atoms with Crippen LogP contribution in [0.25, 0.3) is 0 Å². The van der Waals surface area contributed by atoms with E-state index in [1.165, 1.54) is 29.7 Å². The SMILES string of the molecule is CC(C)NC(C)(CO)CCSc1ccc2c(c1)CCC2. The van der Waals surface area contributed by atoms with Gasteiger partial charge in [0.25, 0.3) is 0 Å². The van der Waals surface area contributed by atoms with Crippen molar-refractivity contribution in [1.29, 1.82) is 0 Å². The molecule has 0 saturated carbocycles. The van der Waals surface area contributed by atoms with Crippen LogP contribution in [0, 0.1) is 0 Å². The minimum absolute atomic E-state index is 0.169. The van der Waals surface area contributed by atoms with E-state index in [9.17, 15) is 5.11 Å². The third kappa shape index (κ3) is 4.24. The molecule has 0 spiro atoms. The summed E-state index contributed by atoms with van der Waals surface area (Å²) in [6.07, 6.45) is 4.78. The van der Waals surface area contributed by atoms with Crippen LogP contribution < -0.4 is 5.32 Å². The van der Waals surface area contributed by atoms with Gasteiger partial charge in [-0.2, -0.15) is 0 Å². The number of rotatable bonds is 7. The predicted octanol–water partition coefficient (Wildman–Crippen LogP) is 3.41. The molecule has 1 aliphatic rings. The number of nitrogens with one attached hydrogen (secondary N) is 1. The summed E-state index contributed by atoms with van der Waals surface area (Å²) >= 11 is 1.90.